The van der Waals surface area contributed by atoms with Gasteiger partial charge in [-0.2, -0.15) is 13.2 Å². The Kier molecular flexibility index (Phi) is 3.03. The molecule has 1 unspecified atom stereocenters. The lowest BCUT2D eigenvalue weighted by molar-refractivity contribution is -0.137. The summed E-state index contributed by atoms with van der Waals surface area (Å²) in [7, 11) is 0. The van der Waals surface area contributed by atoms with E-state index in [4.69, 9.17) is 0 Å². The molecular weight excluding hydrogens is 229 g/mol. The van der Waals surface area contributed by atoms with Crippen LogP contribution >= 0.6 is 0 Å². The minimum atomic E-state index is -4.27. The quantitative estimate of drug-likeness (QED) is 0.836. The van der Waals surface area contributed by atoms with Crippen LogP contribution in [0.25, 0.3) is 0 Å². The minimum absolute atomic E-state index is 0.0697. The highest BCUT2D eigenvalue weighted by atomic mass is 19.4. The van der Waals surface area contributed by atoms with Gasteiger partial charge >= 0.3 is 6.18 Å². The third-order valence-corrected chi connectivity index (χ3v) is 3.03. The van der Waals surface area contributed by atoms with E-state index in [-0.39, 0.29) is 5.54 Å². The second kappa shape index (κ2) is 4.22. The van der Waals surface area contributed by atoms with Crippen LogP contribution in [-0.4, -0.2) is 18.6 Å². The molecule has 17 heavy (non-hydrogen) atoms. The van der Waals surface area contributed by atoms with E-state index < -0.39 is 11.7 Å². The summed E-state index contributed by atoms with van der Waals surface area (Å²) >= 11 is 0. The summed E-state index contributed by atoms with van der Waals surface area (Å²) in [4.78, 5) is 0. The fourth-order valence-electron chi connectivity index (χ4n) is 2.01. The number of alkyl halides is 3. The number of anilines is 1. The molecule has 1 atom stereocenters. The standard InChI is InChI=1S/C12H15F3N2/c1-11(6-7-16-8-11)17-10-4-2-9(3-5-10)12(13,14)15/h2-5,16-17H,6-8H2,1H3. The largest absolute Gasteiger partial charge is 0.416 e. The Balaban J connectivity index is 2.08. The highest BCUT2D eigenvalue weighted by molar-refractivity contribution is 5.47. The molecule has 1 aliphatic heterocycles. The third kappa shape index (κ3) is 2.91. The highest BCUT2D eigenvalue weighted by Gasteiger charge is 2.31. The van der Waals surface area contributed by atoms with Gasteiger partial charge in [0.05, 0.1) is 5.56 Å². The van der Waals surface area contributed by atoms with Crippen LogP contribution in [0.3, 0.4) is 0 Å². The molecule has 0 amide bonds. The first-order valence-corrected chi connectivity index (χ1v) is 5.55. The zero-order valence-electron chi connectivity index (χ0n) is 9.56. The van der Waals surface area contributed by atoms with Crippen molar-refractivity contribution in [1.29, 1.82) is 0 Å². The van der Waals surface area contributed by atoms with Crippen molar-refractivity contribution < 1.29 is 13.2 Å². The Bertz CT molecular complexity index is 378. The van der Waals surface area contributed by atoms with E-state index in [2.05, 4.69) is 17.6 Å². The molecule has 2 rings (SSSR count). The second-order valence-corrected chi connectivity index (χ2v) is 4.69. The number of halogens is 3. The molecule has 94 valence electrons. The molecule has 1 aromatic rings. The average Bonchev–Trinajstić information content (AvgIpc) is 2.64. The maximum atomic E-state index is 12.4. The van der Waals surface area contributed by atoms with Gasteiger partial charge in [0.25, 0.3) is 0 Å². The molecule has 2 nitrogen and oxygen atoms in total. The van der Waals surface area contributed by atoms with Crippen LogP contribution in [0, 0.1) is 0 Å². The first-order valence-electron chi connectivity index (χ1n) is 5.55. The molecule has 1 heterocycles. The summed E-state index contributed by atoms with van der Waals surface area (Å²) in [5.74, 6) is 0. The van der Waals surface area contributed by atoms with E-state index in [1.165, 1.54) is 12.1 Å². The summed E-state index contributed by atoms with van der Waals surface area (Å²) < 4.78 is 37.1. The summed E-state index contributed by atoms with van der Waals surface area (Å²) in [5.41, 5.74) is 0.0432. The van der Waals surface area contributed by atoms with Gasteiger partial charge in [-0.15, -0.1) is 0 Å². The maximum Gasteiger partial charge on any atom is 0.416 e. The number of nitrogens with one attached hydrogen (secondary N) is 2. The van der Waals surface area contributed by atoms with E-state index in [1.54, 1.807) is 0 Å². The van der Waals surface area contributed by atoms with Crippen LogP contribution in [0.4, 0.5) is 18.9 Å². The molecule has 1 saturated heterocycles. The molecule has 1 aliphatic rings. The Morgan fingerprint density at radius 1 is 1.24 bits per heavy atom. The average molecular weight is 244 g/mol. The van der Waals surface area contributed by atoms with Gasteiger partial charge in [-0.25, -0.2) is 0 Å². The molecule has 0 radical (unpaired) electrons. The highest BCUT2D eigenvalue weighted by Crippen LogP contribution is 2.30. The smallest absolute Gasteiger partial charge is 0.379 e. The number of benzene rings is 1. The molecule has 1 fully saturated rings. The van der Waals surface area contributed by atoms with Crippen molar-refractivity contribution in [3.05, 3.63) is 29.8 Å². The molecule has 0 aliphatic carbocycles. The van der Waals surface area contributed by atoms with Crippen LogP contribution in [0.15, 0.2) is 24.3 Å². The molecule has 5 heteroatoms. The Morgan fingerprint density at radius 2 is 1.88 bits per heavy atom. The Labute approximate surface area is 98.2 Å². The summed E-state index contributed by atoms with van der Waals surface area (Å²) in [6, 6.07) is 5.17. The Hall–Kier alpha value is -1.23. The molecule has 0 aromatic heterocycles. The lowest BCUT2D eigenvalue weighted by Gasteiger charge is -2.26. The predicted octanol–water partition coefficient (Wildman–Crippen LogP) is 2.87. The van der Waals surface area contributed by atoms with E-state index in [0.717, 1.165) is 37.3 Å². The topological polar surface area (TPSA) is 24.1 Å². The molecule has 0 bridgehead atoms. The second-order valence-electron chi connectivity index (χ2n) is 4.69. The maximum absolute atomic E-state index is 12.4. The van der Waals surface area contributed by atoms with Crippen molar-refractivity contribution in [2.75, 3.05) is 18.4 Å². The zero-order valence-corrected chi connectivity index (χ0v) is 9.56. The summed E-state index contributed by atoms with van der Waals surface area (Å²) in [5, 5.41) is 6.49. The molecule has 2 N–H and O–H groups in total. The van der Waals surface area contributed by atoms with E-state index >= 15 is 0 Å². The van der Waals surface area contributed by atoms with Gasteiger partial charge in [0.1, 0.15) is 0 Å². The Morgan fingerprint density at radius 3 is 2.35 bits per heavy atom. The van der Waals surface area contributed by atoms with Crippen molar-refractivity contribution in [3.63, 3.8) is 0 Å². The van der Waals surface area contributed by atoms with Crippen molar-refractivity contribution in [2.24, 2.45) is 0 Å². The van der Waals surface area contributed by atoms with E-state index in [0.29, 0.717) is 0 Å². The number of rotatable bonds is 2. The molecule has 0 saturated carbocycles. The van der Waals surface area contributed by atoms with Crippen LogP contribution in [0.5, 0.6) is 0 Å². The van der Waals surface area contributed by atoms with Gasteiger partial charge in [-0.05, 0) is 44.2 Å². The van der Waals surface area contributed by atoms with Crippen molar-refractivity contribution in [3.8, 4) is 0 Å². The number of hydrogen-bond acceptors (Lipinski definition) is 2. The lowest BCUT2D eigenvalue weighted by Crippen LogP contribution is -2.36. The monoisotopic (exact) mass is 244 g/mol. The van der Waals surface area contributed by atoms with E-state index in [1.807, 2.05) is 0 Å². The van der Waals surface area contributed by atoms with Crippen LogP contribution in [0.2, 0.25) is 0 Å². The van der Waals surface area contributed by atoms with Gasteiger partial charge in [0.15, 0.2) is 0 Å². The zero-order chi connectivity index (χ0) is 12.5. The lowest BCUT2D eigenvalue weighted by atomic mass is 10.0. The van der Waals surface area contributed by atoms with E-state index in [9.17, 15) is 13.2 Å². The fraction of sp³-hybridized carbons (Fsp3) is 0.500. The molecule has 1 aromatic carbocycles. The van der Waals surface area contributed by atoms with Gasteiger partial charge < -0.3 is 10.6 Å². The van der Waals surface area contributed by atoms with Crippen molar-refractivity contribution in [2.45, 2.75) is 25.1 Å². The van der Waals surface area contributed by atoms with Crippen LogP contribution in [-0.2, 0) is 6.18 Å². The molecular formula is C12H15F3N2. The van der Waals surface area contributed by atoms with Gasteiger partial charge in [-0.3, -0.25) is 0 Å². The van der Waals surface area contributed by atoms with Crippen LogP contribution < -0.4 is 10.6 Å². The van der Waals surface area contributed by atoms with Gasteiger partial charge in [-0.1, -0.05) is 0 Å². The first-order chi connectivity index (χ1) is 7.89. The van der Waals surface area contributed by atoms with Crippen molar-refractivity contribution >= 4 is 5.69 Å². The first kappa shape index (κ1) is 12.2. The van der Waals surface area contributed by atoms with Gasteiger partial charge in [0, 0.05) is 17.8 Å². The molecule has 0 spiro atoms. The third-order valence-electron chi connectivity index (χ3n) is 3.03. The number of hydrogen-bond donors (Lipinski definition) is 2. The SMILES string of the molecule is CC1(Nc2ccc(C(F)(F)F)cc2)CCNC1. The minimum Gasteiger partial charge on any atom is -0.379 e. The predicted molar refractivity (Wildman–Crippen MR) is 61.0 cm³/mol. The van der Waals surface area contributed by atoms with Gasteiger partial charge in [0.2, 0.25) is 0 Å². The normalized spacial score (nSPS) is 24.9. The summed E-state index contributed by atoms with van der Waals surface area (Å²) in [6.45, 7) is 3.82. The van der Waals surface area contributed by atoms with Crippen molar-refractivity contribution in [1.82, 2.24) is 5.32 Å². The summed E-state index contributed by atoms with van der Waals surface area (Å²) in [6.07, 6.45) is -3.30. The fourth-order valence-corrected chi connectivity index (χ4v) is 2.01. The van der Waals surface area contributed by atoms with Crippen LogP contribution in [0.1, 0.15) is 18.9 Å².